The third kappa shape index (κ3) is 4.38. The highest BCUT2D eigenvalue weighted by Crippen LogP contribution is 2.04. The van der Waals surface area contributed by atoms with Crippen LogP contribution in [0, 0.1) is 5.95 Å². The van der Waals surface area contributed by atoms with Crippen LogP contribution in [0.2, 0.25) is 0 Å². The van der Waals surface area contributed by atoms with Crippen molar-refractivity contribution >= 4 is 5.97 Å². The number of carbonyl (C=O) groups excluding carboxylic acids is 1. The van der Waals surface area contributed by atoms with Crippen LogP contribution in [0.1, 0.15) is 43.0 Å². The van der Waals surface area contributed by atoms with Gasteiger partial charge in [0.05, 0.1) is 12.2 Å². The van der Waals surface area contributed by atoms with Crippen molar-refractivity contribution in [2.45, 2.75) is 32.6 Å². The van der Waals surface area contributed by atoms with E-state index in [1.165, 1.54) is 12.3 Å². The Balaban J connectivity index is 2.30. The summed E-state index contributed by atoms with van der Waals surface area (Å²) in [5.41, 5.74) is 0.211. The molecular weight excluding hydrogens is 209 g/mol. The molecule has 0 saturated carbocycles. The SMILES string of the molecule is CCCCCCOC(=O)c1ccnc(F)c1. The van der Waals surface area contributed by atoms with E-state index in [1.807, 2.05) is 0 Å². The number of hydrogen-bond acceptors (Lipinski definition) is 3. The van der Waals surface area contributed by atoms with E-state index in [9.17, 15) is 9.18 Å². The van der Waals surface area contributed by atoms with E-state index >= 15 is 0 Å². The number of ether oxygens (including phenoxy) is 1. The predicted molar refractivity (Wildman–Crippen MR) is 58.6 cm³/mol. The fraction of sp³-hybridized carbons (Fsp3) is 0.500. The van der Waals surface area contributed by atoms with Crippen molar-refractivity contribution in [1.29, 1.82) is 0 Å². The first-order valence-electron chi connectivity index (χ1n) is 5.52. The summed E-state index contributed by atoms with van der Waals surface area (Å²) in [5, 5.41) is 0. The fourth-order valence-corrected chi connectivity index (χ4v) is 1.31. The van der Waals surface area contributed by atoms with Gasteiger partial charge in [0.15, 0.2) is 0 Å². The Hall–Kier alpha value is -1.45. The fourth-order valence-electron chi connectivity index (χ4n) is 1.31. The van der Waals surface area contributed by atoms with Gasteiger partial charge in [-0.3, -0.25) is 0 Å². The van der Waals surface area contributed by atoms with E-state index in [4.69, 9.17) is 4.74 Å². The molecule has 1 aromatic heterocycles. The van der Waals surface area contributed by atoms with Gasteiger partial charge in [0, 0.05) is 12.3 Å². The lowest BCUT2D eigenvalue weighted by Crippen LogP contribution is -2.07. The Kier molecular flexibility index (Phi) is 5.46. The molecule has 0 fully saturated rings. The summed E-state index contributed by atoms with van der Waals surface area (Å²) in [6, 6.07) is 2.52. The van der Waals surface area contributed by atoms with E-state index in [0.717, 1.165) is 31.7 Å². The molecule has 0 atom stereocenters. The maximum Gasteiger partial charge on any atom is 0.338 e. The molecular formula is C12H16FNO2. The van der Waals surface area contributed by atoms with Crippen molar-refractivity contribution in [3.05, 3.63) is 29.8 Å². The molecule has 0 aromatic carbocycles. The van der Waals surface area contributed by atoms with Gasteiger partial charge in [0.2, 0.25) is 5.95 Å². The number of halogens is 1. The van der Waals surface area contributed by atoms with Gasteiger partial charge in [-0.1, -0.05) is 26.2 Å². The molecule has 0 aliphatic heterocycles. The number of hydrogen-bond donors (Lipinski definition) is 0. The molecule has 0 aliphatic carbocycles. The standard InChI is InChI=1S/C12H16FNO2/c1-2-3-4-5-8-16-12(15)10-6-7-14-11(13)9-10/h6-7,9H,2-5,8H2,1H3. The number of aromatic nitrogens is 1. The molecule has 0 N–H and O–H groups in total. The summed E-state index contributed by atoms with van der Waals surface area (Å²) in [4.78, 5) is 14.8. The second-order valence-electron chi connectivity index (χ2n) is 3.56. The Labute approximate surface area is 94.6 Å². The van der Waals surface area contributed by atoms with Gasteiger partial charge in [0.1, 0.15) is 0 Å². The van der Waals surface area contributed by atoms with Gasteiger partial charge in [-0.15, -0.1) is 0 Å². The van der Waals surface area contributed by atoms with Gasteiger partial charge in [0.25, 0.3) is 0 Å². The molecule has 0 saturated heterocycles. The lowest BCUT2D eigenvalue weighted by molar-refractivity contribution is 0.0497. The molecule has 0 amide bonds. The summed E-state index contributed by atoms with van der Waals surface area (Å²) in [7, 11) is 0. The molecule has 0 spiro atoms. The van der Waals surface area contributed by atoms with Crippen LogP contribution in [-0.4, -0.2) is 17.6 Å². The lowest BCUT2D eigenvalue weighted by Gasteiger charge is -2.04. The van der Waals surface area contributed by atoms with Gasteiger partial charge in [-0.25, -0.2) is 9.78 Å². The molecule has 3 nitrogen and oxygen atoms in total. The monoisotopic (exact) mass is 225 g/mol. The zero-order chi connectivity index (χ0) is 11.8. The molecule has 0 radical (unpaired) electrons. The van der Waals surface area contributed by atoms with Crippen LogP contribution in [0.3, 0.4) is 0 Å². The zero-order valence-electron chi connectivity index (χ0n) is 9.41. The molecule has 1 rings (SSSR count). The molecule has 1 heterocycles. The first-order chi connectivity index (χ1) is 7.74. The summed E-state index contributed by atoms with van der Waals surface area (Å²) < 4.78 is 17.7. The topological polar surface area (TPSA) is 39.2 Å². The Bertz CT molecular complexity index is 342. The minimum absolute atomic E-state index is 0.211. The minimum Gasteiger partial charge on any atom is -0.462 e. The van der Waals surface area contributed by atoms with Crippen molar-refractivity contribution in [3.63, 3.8) is 0 Å². The average molecular weight is 225 g/mol. The third-order valence-electron chi connectivity index (χ3n) is 2.19. The Morgan fingerprint density at radius 2 is 2.25 bits per heavy atom. The molecule has 0 aliphatic rings. The second kappa shape index (κ2) is 6.93. The third-order valence-corrected chi connectivity index (χ3v) is 2.19. The van der Waals surface area contributed by atoms with Crippen molar-refractivity contribution < 1.29 is 13.9 Å². The smallest absolute Gasteiger partial charge is 0.338 e. The van der Waals surface area contributed by atoms with Crippen LogP contribution < -0.4 is 0 Å². The van der Waals surface area contributed by atoms with Gasteiger partial charge in [-0.05, 0) is 12.5 Å². The summed E-state index contributed by atoms with van der Waals surface area (Å²) in [5.74, 6) is -1.15. The summed E-state index contributed by atoms with van der Waals surface area (Å²) in [6.45, 7) is 2.51. The lowest BCUT2D eigenvalue weighted by atomic mass is 10.2. The predicted octanol–water partition coefficient (Wildman–Crippen LogP) is 2.96. The van der Waals surface area contributed by atoms with Crippen LogP contribution in [0.15, 0.2) is 18.3 Å². The maximum absolute atomic E-state index is 12.7. The molecule has 4 heteroatoms. The van der Waals surface area contributed by atoms with Crippen LogP contribution in [0.25, 0.3) is 0 Å². The highest BCUT2D eigenvalue weighted by Gasteiger charge is 2.07. The number of carbonyl (C=O) groups is 1. The quantitative estimate of drug-likeness (QED) is 0.424. The Morgan fingerprint density at radius 1 is 1.44 bits per heavy atom. The van der Waals surface area contributed by atoms with Gasteiger partial charge >= 0.3 is 5.97 Å². The zero-order valence-corrected chi connectivity index (χ0v) is 9.41. The van der Waals surface area contributed by atoms with E-state index in [1.54, 1.807) is 0 Å². The van der Waals surface area contributed by atoms with Crippen LogP contribution >= 0.6 is 0 Å². The highest BCUT2D eigenvalue weighted by atomic mass is 19.1. The first kappa shape index (κ1) is 12.6. The van der Waals surface area contributed by atoms with E-state index in [-0.39, 0.29) is 5.56 Å². The average Bonchev–Trinajstić information content (AvgIpc) is 2.28. The van der Waals surface area contributed by atoms with Crippen molar-refractivity contribution in [1.82, 2.24) is 4.98 Å². The molecule has 88 valence electrons. The van der Waals surface area contributed by atoms with Gasteiger partial charge in [-0.2, -0.15) is 4.39 Å². The number of nitrogens with zero attached hydrogens (tertiary/aromatic N) is 1. The molecule has 0 unspecified atom stereocenters. The first-order valence-corrected chi connectivity index (χ1v) is 5.52. The number of rotatable bonds is 6. The Morgan fingerprint density at radius 3 is 2.94 bits per heavy atom. The van der Waals surface area contributed by atoms with Crippen LogP contribution in [0.4, 0.5) is 4.39 Å². The van der Waals surface area contributed by atoms with Gasteiger partial charge < -0.3 is 4.74 Å². The van der Waals surface area contributed by atoms with Crippen LogP contribution in [0.5, 0.6) is 0 Å². The number of pyridine rings is 1. The van der Waals surface area contributed by atoms with E-state index in [2.05, 4.69) is 11.9 Å². The molecule has 1 aromatic rings. The maximum atomic E-state index is 12.7. The molecule has 16 heavy (non-hydrogen) atoms. The minimum atomic E-state index is -0.666. The van der Waals surface area contributed by atoms with Crippen molar-refractivity contribution in [2.75, 3.05) is 6.61 Å². The van der Waals surface area contributed by atoms with Crippen molar-refractivity contribution in [3.8, 4) is 0 Å². The number of esters is 1. The second-order valence-corrected chi connectivity index (χ2v) is 3.56. The van der Waals surface area contributed by atoms with Crippen molar-refractivity contribution in [2.24, 2.45) is 0 Å². The molecule has 0 bridgehead atoms. The number of unbranched alkanes of at least 4 members (excludes halogenated alkanes) is 3. The van der Waals surface area contributed by atoms with Crippen LogP contribution in [-0.2, 0) is 4.74 Å². The largest absolute Gasteiger partial charge is 0.462 e. The highest BCUT2D eigenvalue weighted by molar-refractivity contribution is 5.89. The summed E-state index contributed by atoms with van der Waals surface area (Å²) in [6.07, 6.45) is 5.44. The van der Waals surface area contributed by atoms with E-state index < -0.39 is 11.9 Å². The normalized spacial score (nSPS) is 10.1. The van der Waals surface area contributed by atoms with E-state index in [0.29, 0.717) is 6.61 Å². The summed E-state index contributed by atoms with van der Waals surface area (Å²) >= 11 is 0.